The molecule has 2 rings (SSSR count). The lowest BCUT2D eigenvalue weighted by Crippen LogP contribution is -2.42. The molecular weight excluding hydrogens is 294 g/mol. The summed E-state index contributed by atoms with van der Waals surface area (Å²) in [5.41, 5.74) is 0. The van der Waals surface area contributed by atoms with Crippen LogP contribution < -0.4 is 4.74 Å². The number of ether oxygens (including phenoxy) is 1. The number of hydrogen-bond acceptors (Lipinski definition) is 3. The monoisotopic (exact) mass is 311 g/mol. The quantitative estimate of drug-likeness (QED) is 0.907. The second-order valence-electron chi connectivity index (χ2n) is 5.05. The van der Waals surface area contributed by atoms with Gasteiger partial charge in [-0.1, -0.05) is 23.7 Å². The molecule has 5 nitrogen and oxygen atoms in total. The van der Waals surface area contributed by atoms with Gasteiger partial charge in [0.25, 0.3) is 0 Å². The zero-order chi connectivity index (χ0) is 15.2. The summed E-state index contributed by atoms with van der Waals surface area (Å²) in [7, 11) is 0. The summed E-state index contributed by atoms with van der Waals surface area (Å²) in [5.74, 6) is -0.811. The Hall–Kier alpha value is -1.75. The van der Waals surface area contributed by atoms with Crippen LogP contribution >= 0.6 is 11.6 Å². The fourth-order valence-electron chi connectivity index (χ4n) is 2.37. The number of halogens is 1. The van der Waals surface area contributed by atoms with Gasteiger partial charge >= 0.3 is 5.97 Å². The van der Waals surface area contributed by atoms with Crippen LogP contribution in [0.25, 0.3) is 0 Å². The van der Waals surface area contributed by atoms with E-state index in [1.165, 1.54) is 0 Å². The molecule has 1 fully saturated rings. The molecule has 1 N–H and O–H groups in total. The number of carbonyl (C=O) groups excluding carboxylic acids is 1. The minimum Gasteiger partial charge on any atom is -0.491 e. The van der Waals surface area contributed by atoms with E-state index in [9.17, 15) is 9.59 Å². The molecule has 0 aliphatic carbocycles. The standard InChI is InChI=1S/C15H18ClNO4/c16-12-5-1-2-6-13(12)21-9-7-14(18)17-8-3-4-11(10-17)15(19)20/h1-2,5-6,11H,3-4,7-10H2,(H,19,20)/t11-/m0/s1. The Morgan fingerprint density at radius 3 is 2.86 bits per heavy atom. The van der Waals surface area contributed by atoms with Crippen LogP contribution in [0.4, 0.5) is 0 Å². The second kappa shape index (κ2) is 7.31. The first-order valence-electron chi connectivity index (χ1n) is 6.96. The molecule has 1 amide bonds. The number of hydrogen-bond donors (Lipinski definition) is 1. The number of amides is 1. The molecule has 0 radical (unpaired) electrons. The van der Waals surface area contributed by atoms with Gasteiger partial charge in [-0.3, -0.25) is 9.59 Å². The smallest absolute Gasteiger partial charge is 0.308 e. The van der Waals surface area contributed by atoms with Crippen LogP contribution in [0.3, 0.4) is 0 Å². The lowest BCUT2D eigenvalue weighted by atomic mass is 9.98. The Morgan fingerprint density at radius 2 is 2.14 bits per heavy atom. The summed E-state index contributed by atoms with van der Waals surface area (Å²) in [4.78, 5) is 24.7. The third-order valence-electron chi connectivity index (χ3n) is 3.53. The number of benzene rings is 1. The number of nitrogens with zero attached hydrogens (tertiary/aromatic N) is 1. The summed E-state index contributed by atoms with van der Waals surface area (Å²) < 4.78 is 5.48. The molecule has 21 heavy (non-hydrogen) atoms. The average Bonchev–Trinajstić information content (AvgIpc) is 2.49. The number of para-hydroxylation sites is 1. The molecular formula is C15H18ClNO4. The molecule has 0 unspecified atom stereocenters. The molecule has 0 spiro atoms. The molecule has 1 aromatic carbocycles. The van der Waals surface area contributed by atoms with Gasteiger partial charge in [0.1, 0.15) is 5.75 Å². The zero-order valence-corrected chi connectivity index (χ0v) is 12.4. The Balaban J connectivity index is 1.79. The topological polar surface area (TPSA) is 66.8 Å². The van der Waals surface area contributed by atoms with Crippen molar-refractivity contribution in [3.63, 3.8) is 0 Å². The van der Waals surface area contributed by atoms with E-state index in [1.807, 2.05) is 6.07 Å². The van der Waals surface area contributed by atoms with E-state index in [0.29, 0.717) is 30.3 Å². The predicted octanol–water partition coefficient (Wildman–Crippen LogP) is 2.43. The first-order chi connectivity index (χ1) is 10.1. The predicted molar refractivity (Wildman–Crippen MR) is 78.5 cm³/mol. The molecule has 1 aromatic rings. The lowest BCUT2D eigenvalue weighted by molar-refractivity contribution is -0.145. The molecule has 1 aliphatic heterocycles. The van der Waals surface area contributed by atoms with Crippen molar-refractivity contribution >= 4 is 23.5 Å². The summed E-state index contributed by atoms with van der Waals surface area (Å²) in [6, 6.07) is 7.08. The van der Waals surface area contributed by atoms with E-state index in [1.54, 1.807) is 23.1 Å². The Bertz CT molecular complexity index is 520. The van der Waals surface area contributed by atoms with Crippen molar-refractivity contribution < 1.29 is 19.4 Å². The second-order valence-corrected chi connectivity index (χ2v) is 5.45. The molecule has 1 aliphatic rings. The van der Waals surface area contributed by atoms with Crippen molar-refractivity contribution in [1.29, 1.82) is 0 Å². The Morgan fingerprint density at radius 1 is 1.38 bits per heavy atom. The number of carboxylic acids is 1. The van der Waals surface area contributed by atoms with Gasteiger partial charge in [0.05, 0.1) is 24.0 Å². The summed E-state index contributed by atoms with van der Waals surface area (Å²) >= 11 is 5.96. The highest BCUT2D eigenvalue weighted by atomic mass is 35.5. The molecule has 1 heterocycles. The fourth-order valence-corrected chi connectivity index (χ4v) is 2.56. The van der Waals surface area contributed by atoms with Crippen molar-refractivity contribution in [1.82, 2.24) is 4.90 Å². The first kappa shape index (κ1) is 15.6. The number of likely N-dealkylation sites (tertiary alicyclic amines) is 1. The number of carbonyl (C=O) groups is 2. The van der Waals surface area contributed by atoms with Gasteiger partial charge in [0, 0.05) is 13.1 Å². The van der Waals surface area contributed by atoms with Gasteiger partial charge in [0.15, 0.2) is 0 Å². The van der Waals surface area contributed by atoms with E-state index in [0.717, 1.165) is 6.42 Å². The van der Waals surface area contributed by atoms with Crippen LogP contribution in [-0.2, 0) is 9.59 Å². The van der Waals surface area contributed by atoms with Crippen LogP contribution in [0, 0.1) is 5.92 Å². The highest BCUT2D eigenvalue weighted by Crippen LogP contribution is 2.23. The molecule has 1 saturated heterocycles. The van der Waals surface area contributed by atoms with Crippen LogP contribution in [0.15, 0.2) is 24.3 Å². The van der Waals surface area contributed by atoms with Crippen molar-refractivity contribution in [2.24, 2.45) is 5.92 Å². The van der Waals surface area contributed by atoms with Crippen molar-refractivity contribution in [2.75, 3.05) is 19.7 Å². The van der Waals surface area contributed by atoms with Crippen LogP contribution in [-0.4, -0.2) is 41.6 Å². The number of rotatable bonds is 5. The summed E-state index contributed by atoms with van der Waals surface area (Å²) in [5, 5.41) is 9.52. The van der Waals surface area contributed by atoms with Crippen LogP contribution in [0.2, 0.25) is 5.02 Å². The van der Waals surface area contributed by atoms with E-state index in [2.05, 4.69) is 0 Å². The van der Waals surface area contributed by atoms with Crippen molar-refractivity contribution in [2.45, 2.75) is 19.3 Å². The van der Waals surface area contributed by atoms with Gasteiger partial charge in [-0.2, -0.15) is 0 Å². The van der Waals surface area contributed by atoms with Crippen molar-refractivity contribution in [3.8, 4) is 5.75 Å². The molecule has 0 bridgehead atoms. The van der Waals surface area contributed by atoms with Gasteiger partial charge in [-0.15, -0.1) is 0 Å². The maximum absolute atomic E-state index is 12.1. The van der Waals surface area contributed by atoms with E-state index < -0.39 is 11.9 Å². The first-order valence-corrected chi connectivity index (χ1v) is 7.33. The third kappa shape index (κ3) is 4.36. The zero-order valence-electron chi connectivity index (χ0n) is 11.6. The average molecular weight is 312 g/mol. The molecule has 0 aromatic heterocycles. The molecule has 1 atom stereocenters. The van der Waals surface area contributed by atoms with Gasteiger partial charge in [-0.05, 0) is 25.0 Å². The lowest BCUT2D eigenvalue weighted by Gasteiger charge is -2.30. The minimum absolute atomic E-state index is 0.0759. The van der Waals surface area contributed by atoms with Crippen LogP contribution in [0.1, 0.15) is 19.3 Å². The van der Waals surface area contributed by atoms with Gasteiger partial charge < -0.3 is 14.7 Å². The SMILES string of the molecule is O=C(O)[C@H]1CCCN(C(=O)CCOc2ccccc2Cl)C1. The highest BCUT2D eigenvalue weighted by molar-refractivity contribution is 6.32. The Labute approximate surface area is 128 Å². The maximum Gasteiger partial charge on any atom is 0.308 e. The summed E-state index contributed by atoms with van der Waals surface area (Å²) in [6.45, 7) is 1.14. The fraction of sp³-hybridized carbons (Fsp3) is 0.467. The number of piperidine rings is 1. The third-order valence-corrected chi connectivity index (χ3v) is 3.85. The largest absolute Gasteiger partial charge is 0.491 e. The van der Waals surface area contributed by atoms with Gasteiger partial charge in [0.2, 0.25) is 5.91 Å². The normalized spacial score (nSPS) is 18.3. The van der Waals surface area contributed by atoms with Crippen LogP contribution in [0.5, 0.6) is 5.75 Å². The van der Waals surface area contributed by atoms with Gasteiger partial charge in [-0.25, -0.2) is 0 Å². The maximum atomic E-state index is 12.1. The molecule has 0 saturated carbocycles. The summed E-state index contributed by atoms with van der Waals surface area (Å²) in [6.07, 6.45) is 1.58. The number of aliphatic carboxylic acids is 1. The van der Waals surface area contributed by atoms with Crippen molar-refractivity contribution in [3.05, 3.63) is 29.3 Å². The minimum atomic E-state index is -0.834. The Kier molecular flexibility index (Phi) is 5.44. The molecule has 114 valence electrons. The highest BCUT2D eigenvalue weighted by Gasteiger charge is 2.27. The molecule has 6 heteroatoms. The van der Waals surface area contributed by atoms with E-state index >= 15 is 0 Å². The van der Waals surface area contributed by atoms with E-state index in [-0.39, 0.29) is 18.9 Å². The number of carboxylic acid groups (broad SMARTS) is 1. The van der Waals surface area contributed by atoms with E-state index in [4.69, 9.17) is 21.4 Å².